The van der Waals surface area contributed by atoms with E-state index in [9.17, 15) is 0 Å². The van der Waals surface area contributed by atoms with Gasteiger partial charge in [-0.2, -0.15) is 0 Å². The molecular formula is C16H31NOSi. The number of allylic oxidation sites excluding steroid dienone is 3. The van der Waals surface area contributed by atoms with Crippen LogP contribution in [-0.2, 0) is 4.43 Å². The van der Waals surface area contributed by atoms with Crippen LogP contribution in [0, 0.1) is 0 Å². The van der Waals surface area contributed by atoms with E-state index >= 15 is 0 Å². The second-order valence-corrected chi connectivity index (χ2v) is 11.3. The summed E-state index contributed by atoms with van der Waals surface area (Å²) in [6.45, 7) is 21.4. The first-order chi connectivity index (χ1) is 8.56. The van der Waals surface area contributed by atoms with E-state index in [1.54, 1.807) is 6.08 Å². The fourth-order valence-corrected chi connectivity index (χ4v) is 2.38. The van der Waals surface area contributed by atoms with E-state index in [4.69, 9.17) is 4.43 Å². The highest BCUT2D eigenvalue weighted by molar-refractivity contribution is 6.74. The summed E-state index contributed by atoms with van der Waals surface area (Å²) >= 11 is 0. The van der Waals surface area contributed by atoms with Gasteiger partial charge in [0, 0.05) is 12.2 Å². The van der Waals surface area contributed by atoms with Crippen molar-refractivity contribution in [2.75, 3.05) is 0 Å². The largest absolute Gasteiger partial charge is 0.532 e. The maximum Gasteiger partial charge on any atom is 0.252 e. The highest BCUT2D eigenvalue weighted by Crippen LogP contribution is 2.38. The van der Waals surface area contributed by atoms with Gasteiger partial charge in [0.1, 0.15) is 0 Å². The van der Waals surface area contributed by atoms with Crippen LogP contribution in [0.5, 0.6) is 0 Å². The lowest BCUT2D eigenvalue weighted by molar-refractivity contribution is 0.223. The van der Waals surface area contributed by atoms with E-state index in [-0.39, 0.29) is 5.04 Å². The molecule has 0 unspecified atom stereocenters. The van der Waals surface area contributed by atoms with Crippen molar-refractivity contribution in [3.63, 3.8) is 0 Å². The van der Waals surface area contributed by atoms with E-state index in [1.165, 1.54) is 0 Å². The Kier molecular flexibility index (Phi) is 6.64. The molecule has 19 heavy (non-hydrogen) atoms. The van der Waals surface area contributed by atoms with Crippen molar-refractivity contribution in [3.05, 3.63) is 36.9 Å². The van der Waals surface area contributed by atoms with Gasteiger partial charge in [-0.1, -0.05) is 33.4 Å². The lowest BCUT2D eigenvalue weighted by Gasteiger charge is -2.40. The van der Waals surface area contributed by atoms with Crippen LogP contribution in [0.4, 0.5) is 0 Å². The second-order valence-electron chi connectivity index (χ2n) is 6.57. The number of hydrogen-bond acceptors (Lipinski definition) is 2. The highest BCUT2D eigenvalue weighted by atomic mass is 28.4. The molecule has 2 nitrogen and oxygen atoms in total. The minimum Gasteiger partial charge on any atom is -0.532 e. The zero-order valence-corrected chi connectivity index (χ0v) is 14.9. The van der Waals surface area contributed by atoms with Crippen LogP contribution in [-0.4, -0.2) is 19.3 Å². The van der Waals surface area contributed by atoms with Gasteiger partial charge in [0.25, 0.3) is 8.32 Å². The van der Waals surface area contributed by atoms with Gasteiger partial charge < -0.3 is 9.33 Å². The SMILES string of the molecule is C=C/C=C/N(/C(=C/C)O[Si](C)(C)C(C)(C)C)C(C)C. The monoisotopic (exact) mass is 281 g/mol. The molecule has 0 amide bonds. The minimum absolute atomic E-state index is 0.200. The molecule has 110 valence electrons. The van der Waals surface area contributed by atoms with Gasteiger partial charge in [-0.3, -0.25) is 0 Å². The molecule has 3 heteroatoms. The quantitative estimate of drug-likeness (QED) is 0.373. The van der Waals surface area contributed by atoms with Gasteiger partial charge in [0.2, 0.25) is 0 Å². The van der Waals surface area contributed by atoms with Crippen LogP contribution in [0.25, 0.3) is 0 Å². The molecule has 0 spiro atoms. The fraction of sp³-hybridized carbons (Fsp3) is 0.625. The summed E-state index contributed by atoms with van der Waals surface area (Å²) in [5.74, 6) is 0.944. The maximum atomic E-state index is 6.41. The first kappa shape index (κ1) is 18.0. The predicted octanol–water partition coefficient (Wildman–Crippen LogP) is 5.28. The van der Waals surface area contributed by atoms with E-state index < -0.39 is 8.32 Å². The van der Waals surface area contributed by atoms with Gasteiger partial charge in [-0.15, -0.1) is 0 Å². The molecule has 0 aromatic rings. The van der Waals surface area contributed by atoms with Crippen LogP contribution in [0.1, 0.15) is 41.5 Å². The van der Waals surface area contributed by atoms with E-state index in [0.29, 0.717) is 6.04 Å². The van der Waals surface area contributed by atoms with Crippen molar-refractivity contribution in [3.8, 4) is 0 Å². The van der Waals surface area contributed by atoms with Gasteiger partial charge >= 0.3 is 0 Å². The molecule has 0 heterocycles. The molecule has 0 aliphatic heterocycles. The Hall–Kier alpha value is -0.963. The lowest BCUT2D eigenvalue weighted by atomic mass is 10.2. The molecule has 0 atom stereocenters. The summed E-state index contributed by atoms with van der Waals surface area (Å²) in [5.41, 5.74) is 0. The molecule has 0 bridgehead atoms. The average Bonchev–Trinajstić information content (AvgIpc) is 2.25. The summed E-state index contributed by atoms with van der Waals surface area (Å²) in [4.78, 5) is 2.15. The van der Waals surface area contributed by atoms with Crippen LogP contribution in [0.3, 0.4) is 0 Å². The molecule has 0 saturated carbocycles. The number of hydrogen-bond donors (Lipinski definition) is 0. The molecule has 0 N–H and O–H groups in total. The molecule has 0 saturated heterocycles. The Morgan fingerprint density at radius 2 is 1.79 bits per heavy atom. The Morgan fingerprint density at radius 1 is 1.26 bits per heavy atom. The minimum atomic E-state index is -1.81. The highest BCUT2D eigenvalue weighted by Gasteiger charge is 2.40. The molecule has 0 aromatic heterocycles. The van der Waals surface area contributed by atoms with Crippen molar-refractivity contribution >= 4 is 8.32 Å². The smallest absolute Gasteiger partial charge is 0.252 e. The Morgan fingerprint density at radius 3 is 2.11 bits per heavy atom. The molecule has 0 aliphatic carbocycles. The van der Waals surface area contributed by atoms with Crippen molar-refractivity contribution in [1.29, 1.82) is 0 Å². The second kappa shape index (κ2) is 6.99. The standard InChI is InChI=1S/C16H31NOSi/c1-10-12-13-17(14(3)4)15(11-2)18-19(8,9)16(5,6)7/h10-14H,1H2,2-9H3/b13-12+,15-11-. The summed E-state index contributed by atoms with van der Waals surface area (Å²) in [6, 6.07) is 0.354. The van der Waals surface area contributed by atoms with Crippen molar-refractivity contribution < 1.29 is 4.43 Å². The molecule has 0 fully saturated rings. The molecule has 0 rings (SSSR count). The van der Waals surface area contributed by atoms with Gasteiger partial charge in [0.15, 0.2) is 5.88 Å². The van der Waals surface area contributed by atoms with Gasteiger partial charge in [-0.25, -0.2) is 0 Å². The lowest BCUT2D eigenvalue weighted by Crippen LogP contribution is -2.43. The Bertz CT molecular complexity index is 348. The number of rotatable bonds is 6. The summed E-state index contributed by atoms with van der Waals surface area (Å²) < 4.78 is 6.41. The molecule has 0 aromatic carbocycles. The van der Waals surface area contributed by atoms with Crippen LogP contribution in [0.2, 0.25) is 18.1 Å². The van der Waals surface area contributed by atoms with E-state index in [1.807, 2.05) is 25.3 Å². The first-order valence-corrected chi connectivity index (χ1v) is 9.90. The zero-order chi connectivity index (χ0) is 15.3. The topological polar surface area (TPSA) is 12.5 Å². The van der Waals surface area contributed by atoms with Crippen LogP contribution in [0.15, 0.2) is 36.9 Å². The Balaban J connectivity index is 5.21. The molecule has 0 aliphatic rings. The number of nitrogens with zero attached hydrogens (tertiary/aromatic N) is 1. The molecular weight excluding hydrogens is 250 g/mol. The van der Waals surface area contributed by atoms with E-state index in [2.05, 4.69) is 59.2 Å². The normalized spacial score (nSPS) is 14.1. The van der Waals surface area contributed by atoms with Crippen molar-refractivity contribution in [1.82, 2.24) is 4.90 Å². The van der Waals surface area contributed by atoms with Crippen LogP contribution < -0.4 is 0 Å². The van der Waals surface area contributed by atoms with Crippen molar-refractivity contribution in [2.24, 2.45) is 0 Å². The Labute approximate surface area is 121 Å². The third-order valence-electron chi connectivity index (χ3n) is 3.61. The first-order valence-electron chi connectivity index (χ1n) is 6.99. The van der Waals surface area contributed by atoms with Gasteiger partial charge in [0.05, 0.1) is 0 Å². The van der Waals surface area contributed by atoms with Gasteiger partial charge in [-0.05, 0) is 51.1 Å². The third-order valence-corrected chi connectivity index (χ3v) is 7.94. The fourth-order valence-electron chi connectivity index (χ4n) is 1.33. The van der Waals surface area contributed by atoms with E-state index in [0.717, 1.165) is 5.88 Å². The summed E-state index contributed by atoms with van der Waals surface area (Å²) in [6.07, 6.45) is 7.81. The third kappa shape index (κ3) is 5.27. The average molecular weight is 282 g/mol. The summed E-state index contributed by atoms with van der Waals surface area (Å²) in [5, 5.41) is 0.200. The zero-order valence-electron chi connectivity index (χ0n) is 13.9. The maximum absolute atomic E-state index is 6.41. The molecule has 0 radical (unpaired) electrons. The predicted molar refractivity (Wildman–Crippen MR) is 88.4 cm³/mol. The van der Waals surface area contributed by atoms with Crippen molar-refractivity contribution in [2.45, 2.75) is 65.7 Å². The summed E-state index contributed by atoms with van der Waals surface area (Å²) in [7, 11) is -1.81. The van der Waals surface area contributed by atoms with Crippen LogP contribution >= 0.6 is 0 Å².